The van der Waals surface area contributed by atoms with Crippen LogP contribution in [0, 0.1) is 0 Å². The summed E-state index contributed by atoms with van der Waals surface area (Å²) in [6.07, 6.45) is 4.02. The number of nitrogens with one attached hydrogen (secondary N) is 1. The van der Waals surface area contributed by atoms with E-state index in [0.717, 1.165) is 6.54 Å². The highest BCUT2D eigenvalue weighted by Gasteiger charge is 2.32. The number of thioether (sulfide) groups is 1. The van der Waals surface area contributed by atoms with Crippen LogP contribution in [0.3, 0.4) is 0 Å². The maximum Gasteiger partial charge on any atom is 0.0755 e. The lowest BCUT2D eigenvalue weighted by atomic mass is 10.0. The molecule has 0 aliphatic carbocycles. The summed E-state index contributed by atoms with van der Waals surface area (Å²) in [5.74, 6) is 1.18. The summed E-state index contributed by atoms with van der Waals surface area (Å²) >= 11 is 14.3. The quantitative estimate of drug-likeness (QED) is 0.875. The predicted octanol–water partition coefficient (Wildman–Crippen LogP) is 4.18. The van der Waals surface area contributed by atoms with Gasteiger partial charge in [-0.05, 0) is 43.6 Å². The lowest BCUT2D eigenvalue weighted by Crippen LogP contribution is -2.48. The Labute approximate surface area is 135 Å². The molecule has 1 aromatic carbocycles. The zero-order valence-corrected chi connectivity index (χ0v) is 13.8. The summed E-state index contributed by atoms with van der Waals surface area (Å²) in [6, 6.07) is 6.38. The van der Waals surface area contributed by atoms with Gasteiger partial charge in [0.05, 0.1) is 21.5 Å². The van der Waals surface area contributed by atoms with Crippen LogP contribution in [0.15, 0.2) is 18.2 Å². The number of hydrogen-bond donors (Lipinski definition) is 1. The van der Waals surface area contributed by atoms with Crippen LogP contribution in [0.1, 0.15) is 30.9 Å². The molecule has 0 bridgehead atoms. The first-order valence-corrected chi connectivity index (χ1v) is 9.10. The second-order valence-electron chi connectivity index (χ2n) is 5.46. The number of piperidine rings is 1. The number of hydrogen-bond acceptors (Lipinski definition) is 3. The van der Waals surface area contributed by atoms with Gasteiger partial charge in [-0.15, -0.1) is 11.8 Å². The normalized spacial score (nSPS) is 28.5. The number of likely N-dealkylation sites (tertiary alicyclic amines) is 1. The van der Waals surface area contributed by atoms with Gasteiger partial charge in [-0.25, -0.2) is 0 Å². The average Bonchev–Trinajstić information content (AvgIpc) is 2.51. The lowest BCUT2D eigenvalue weighted by Gasteiger charge is -2.42. The van der Waals surface area contributed by atoms with Gasteiger partial charge < -0.3 is 5.32 Å². The molecule has 1 aromatic rings. The van der Waals surface area contributed by atoms with Gasteiger partial charge in [-0.1, -0.05) is 35.7 Å². The molecular formula is C15H20Cl2N2S. The molecule has 2 nitrogen and oxygen atoms in total. The van der Waals surface area contributed by atoms with Gasteiger partial charge in [0.1, 0.15) is 0 Å². The molecule has 2 saturated heterocycles. The van der Waals surface area contributed by atoms with E-state index in [2.05, 4.69) is 28.0 Å². The third-order valence-electron chi connectivity index (χ3n) is 4.09. The summed E-state index contributed by atoms with van der Waals surface area (Å²) in [5.41, 5.74) is 1.25. The monoisotopic (exact) mass is 330 g/mol. The third-order valence-corrected chi connectivity index (χ3v) is 6.18. The topological polar surface area (TPSA) is 15.3 Å². The Morgan fingerprint density at radius 3 is 2.65 bits per heavy atom. The molecule has 2 unspecified atom stereocenters. The van der Waals surface area contributed by atoms with Crippen LogP contribution < -0.4 is 5.32 Å². The molecule has 0 saturated carbocycles. The summed E-state index contributed by atoms with van der Waals surface area (Å²) in [5, 5.41) is 5.46. The van der Waals surface area contributed by atoms with Crippen LogP contribution in [0.4, 0.5) is 0 Å². The van der Waals surface area contributed by atoms with Gasteiger partial charge in [0.2, 0.25) is 0 Å². The Morgan fingerprint density at radius 1 is 1.10 bits per heavy atom. The maximum absolute atomic E-state index is 6.19. The van der Waals surface area contributed by atoms with Crippen LogP contribution in [0.25, 0.3) is 0 Å². The van der Waals surface area contributed by atoms with Crippen LogP contribution in [0.2, 0.25) is 10.0 Å². The van der Waals surface area contributed by atoms with Gasteiger partial charge in [0, 0.05) is 12.3 Å². The van der Waals surface area contributed by atoms with Crippen molar-refractivity contribution in [2.24, 2.45) is 0 Å². The van der Waals surface area contributed by atoms with Gasteiger partial charge in [-0.2, -0.15) is 0 Å². The van der Waals surface area contributed by atoms with Crippen LogP contribution in [-0.4, -0.2) is 35.7 Å². The first-order chi connectivity index (χ1) is 9.75. The van der Waals surface area contributed by atoms with Crippen LogP contribution in [-0.2, 0) is 0 Å². The Hall–Kier alpha value is 0.0700. The summed E-state index contributed by atoms with van der Waals surface area (Å²) in [7, 11) is 0. The Kier molecular flexibility index (Phi) is 5.16. The molecule has 1 N–H and O–H groups in total. The van der Waals surface area contributed by atoms with Crippen molar-refractivity contribution < 1.29 is 0 Å². The molecule has 0 amide bonds. The van der Waals surface area contributed by atoms with Gasteiger partial charge in [0.15, 0.2) is 0 Å². The minimum atomic E-state index is 0.349. The Morgan fingerprint density at radius 2 is 1.90 bits per heavy atom. The fraction of sp³-hybridized carbons (Fsp3) is 0.600. The van der Waals surface area contributed by atoms with Crippen molar-refractivity contribution >= 4 is 35.0 Å². The van der Waals surface area contributed by atoms with Gasteiger partial charge in [-0.3, -0.25) is 4.90 Å². The number of rotatable bonds is 2. The molecule has 3 rings (SSSR count). The first-order valence-electron chi connectivity index (χ1n) is 7.30. The third kappa shape index (κ3) is 3.28. The highest BCUT2D eigenvalue weighted by atomic mass is 35.5. The second kappa shape index (κ2) is 6.89. The number of benzene rings is 1. The van der Waals surface area contributed by atoms with Crippen molar-refractivity contribution in [2.45, 2.75) is 30.7 Å². The van der Waals surface area contributed by atoms with Gasteiger partial charge >= 0.3 is 0 Å². The highest BCUT2D eigenvalue weighted by Crippen LogP contribution is 2.36. The zero-order chi connectivity index (χ0) is 13.9. The molecule has 2 atom stereocenters. The lowest BCUT2D eigenvalue weighted by molar-refractivity contribution is 0.182. The van der Waals surface area contributed by atoms with E-state index in [0.29, 0.717) is 21.5 Å². The molecule has 20 heavy (non-hydrogen) atoms. The van der Waals surface area contributed by atoms with Crippen LogP contribution in [0.5, 0.6) is 0 Å². The Balaban J connectivity index is 1.82. The average molecular weight is 331 g/mol. The molecule has 2 aliphatic rings. The number of nitrogens with zero attached hydrogens (tertiary/aromatic N) is 1. The van der Waals surface area contributed by atoms with Crippen molar-refractivity contribution in [1.82, 2.24) is 10.2 Å². The van der Waals surface area contributed by atoms with E-state index < -0.39 is 0 Å². The molecule has 2 fully saturated rings. The van der Waals surface area contributed by atoms with Crippen molar-refractivity contribution in [3.8, 4) is 0 Å². The molecular weight excluding hydrogens is 311 g/mol. The SMILES string of the molecule is Clc1ccc(C2NCCSC2N2CCCCC2)cc1Cl. The number of halogens is 2. The van der Waals surface area contributed by atoms with E-state index in [4.69, 9.17) is 23.2 Å². The molecule has 2 aliphatic heterocycles. The molecule has 5 heteroatoms. The molecule has 0 radical (unpaired) electrons. The largest absolute Gasteiger partial charge is 0.307 e. The van der Waals surface area contributed by atoms with E-state index in [9.17, 15) is 0 Å². The molecule has 110 valence electrons. The van der Waals surface area contributed by atoms with Crippen molar-refractivity contribution in [2.75, 3.05) is 25.4 Å². The molecule has 0 spiro atoms. The zero-order valence-electron chi connectivity index (χ0n) is 11.4. The smallest absolute Gasteiger partial charge is 0.0755 e. The van der Waals surface area contributed by atoms with Crippen LogP contribution >= 0.6 is 35.0 Å². The van der Waals surface area contributed by atoms with Gasteiger partial charge in [0.25, 0.3) is 0 Å². The maximum atomic E-state index is 6.19. The Bertz CT molecular complexity index is 463. The fourth-order valence-corrected chi connectivity index (χ4v) is 4.72. The second-order valence-corrected chi connectivity index (χ2v) is 7.50. The minimum absolute atomic E-state index is 0.349. The van der Waals surface area contributed by atoms with Crippen molar-refractivity contribution in [3.05, 3.63) is 33.8 Å². The summed E-state index contributed by atoms with van der Waals surface area (Å²) < 4.78 is 0. The highest BCUT2D eigenvalue weighted by molar-refractivity contribution is 7.99. The van der Waals surface area contributed by atoms with Crippen molar-refractivity contribution in [3.63, 3.8) is 0 Å². The van der Waals surface area contributed by atoms with E-state index in [1.54, 1.807) is 0 Å². The van der Waals surface area contributed by atoms with E-state index in [1.807, 2.05) is 12.1 Å². The fourth-order valence-electron chi connectivity index (χ4n) is 3.07. The summed E-state index contributed by atoms with van der Waals surface area (Å²) in [6.45, 7) is 3.49. The van der Waals surface area contributed by atoms with Crippen molar-refractivity contribution in [1.29, 1.82) is 0 Å². The molecule has 2 heterocycles. The van der Waals surface area contributed by atoms with E-state index in [-0.39, 0.29) is 0 Å². The first kappa shape index (κ1) is 15.0. The van der Waals surface area contributed by atoms with E-state index in [1.165, 1.54) is 43.7 Å². The summed E-state index contributed by atoms with van der Waals surface area (Å²) in [4.78, 5) is 2.63. The molecule has 0 aromatic heterocycles. The van der Waals surface area contributed by atoms with E-state index >= 15 is 0 Å². The predicted molar refractivity (Wildman–Crippen MR) is 88.9 cm³/mol. The minimum Gasteiger partial charge on any atom is -0.307 e. The standard InChI is InChI=1S/C15H20Cl2N2S/c16-12-5-4-11(10-13(12)17)14-15(20-9-6-18-14)19-7-2-1-3-8-19/h4-5,10,14-15,18H,1-3,6-9H2.